The number of halogens is 3. The second-order valence-corrected chi connectivity index (χ2v) is 12.8. The second kappa shape index (κ2) is 21.8. The summed E-state index contributed by atoms with van der Waals surface area (Å²) in [6, 6.07) is 6.04. The number of fused-ring (bicyclic) bond motifs is 1. The number of allylic oxidation sites excluding steroid dienone is 1. The van der Waals surface area contributed by atoms with Crippen molar-refractivity contribution in [3.05, 3.63) is 80.3 Å². The molecular formula is C36H53F2IN4O3. The zero-order valence-corrected chi connectivity index (χ0v) is 31.0. The maximum atomic E-state index is 13.7. The Labute approximate surface area is 288 Å². The highest BCUT2D eigenvalue weighted by Gasteiger charge is 2.59. The van der Waals surface area contributed by atoms with Gasteiger partial charge in [0.1, 0.15) is 24.6 Å². The Morgan fingerprint density at radius 1 is 1.04 bits per heavy atom. The lowest BCUT2D eigenvalue weighted by Crippen LogP contribution is -2.33. The molecule has 0 spiro atoms. The fourth-order valence-corrected chi connectivity index (χ4v) is 6.00. The van der Waals surface area contributed by atoms with Crippen molar-refractivity contribution in [3.8, 4) is 11.1 Å². The van der Waals surface area contributed by atoms with Gasteiger partial charge in [0.25, 0.3) is 0 Å². The Balaban J connectivity index is 0.000000633. The first kappa shape index (κ1) is 43.0. The number of aliphatic hydroxyl groups is 1. The maximum absolute atomic E-state index is 13.7. The van der Waals surface area contributed by atoms with Gasteiger partial charge in [-0.3, -0.25) is 4.79 Å². The number of aliphatic hydroxyl groups excluding tert-OH is 1. The first-order chi connectivity index (χ1) is 21.8. The molecule has 1 aliphatic carbocycles. The third-order valence-electron chi connectivity index (χ3n) is 7.56. The summed E-state index contributed by atoms with van der Waals surface area (Å²) in [5.41, 5.74) is 4.23. The van der Waals surface area contributed by atoms with E-state index in [0.717, 1.165) is 37.8 Å². The minimum atomic E-state index is -0.504. The number of carbonyl (C=O) groups is 2. The molecule has 2 heterocycles. The van der Waals surface area contributed by atoms with Gasteiger partial charge in [0.05, 0.1) is 9.27 Å². The van der Waals surface area contributed by atoms with Crippen LogP contribution in [0.3, 0.4) is 0 Å². The topological polar surface area (TPSA) is 106 Å². The van der Waals surface area contributed by atoms with Gasteiger partial charge in [0, 0.05) is 25.2 Å². The van der Waals surface area contributed by atoms with E-state index in [1.165, 1.54) is 43.9 Å². The third-order valence-corrected chi connectivity index (χ3v) is 8.15. The number of nitrogens with zero attached hydrogens (tertiary/aromatic N) is 1. The summed E-state index contributed by atoms with van der Waals surface area (Å²) in [6.45, 7) is 22.6. The fourth-order valence-electron chi connectivity index (χ4n) is 5.36. The molecule has 2 fully saturated rings. The van der Waals surface area contributed by atoms with Crippen molar-refractivity contribution in [2.24, 2.45) is 17.3 Å². The number of aldehydes is 1. The Morgan fingerprint density at radius 2 is 1.54 bits per heavy atom. The fraction of sp³-hybridized carbons (Fsp3) is 0.472. The number of hydrogen-bond donors (Lipinski definition) is 4. The number of hydrogen-bond acceptors (Lipinski definition) is 7. The predicted octanol–water partition coefficient (Wildman–Crippen LogP) is 8.10. The molecule has 4 N–H and O–H groups in total. The van der Waals surface area contributed by atoms with Crippen LogP contribution in [0.2, 0.25) is 0 Å². The molecule has 2 aromatic carbocycles. The minimum Gasteiger partial charge on any atom is -0.397 e. The van der Waals surface area contributed by atoms with E-state index in [-0.39, 0.29) is 24.2 Å². The molecule has 2 aliphatic heterocycles. The van der Waals surface area contributed by atoms with Crippen LogP contribution in [0.15, 0.2) is 46.4 Å². The van der Waals surface area contributed by atoms with Crippen LogP contribution in [0.1, 0.15) is 75.0 Å². The van der Waals surface area contributed by atoms with E-state index < -0.39 is 5.82 Å². The number of nitrogens with one attached hydrogen (secondary N) is 3. The first-order valence-corrected chi connectivity index (χ1v) is 16.5. The normalized spacial score (nSPS) is 19.4. The van der Waals surface area contributed by atoms with Gasteiger partial charge in [-0.25, -0.2) is 8.78 Å². The molecule has 3 unspecified atom stereocenters. The van der Waals surface area contributed by atoms with Gasteiger partial charge in [-0.2, -0.15) is 0 Å². The monoisotopic (exact) mass is 754 g/mol. The molecule has 256 valence electrons. The van der Waals surface area contributed by atoms with Crippen molar-refractivity contribution in [1.82, 2.24) is 15.5 Å². The smallest absolute Gasteiger partial charge is 0.153 e. The molecule has 1 saturated carbocycles. The van der Waals surface area contributed by atoms with E-state index in [9.17, 15) is 13.6 Å². The molecular weight excluding hydrogens is 701 g/mol. The second-order valence-electron chi connectivity index (χ2n) is 11.6. The molecule has 2 aromatic rings. The van der Waals surface area contributed by atoms with Crippen LogP contribution < -0.4 is 10.6 Å². The molecule has 0 aromatic heterocycles. The lowest BCUT2D eigenvalue weighted by molar-refractivity contribution is -0.0980. The third kappa shape index (κ3) is 12.7. The molecule has 0 amide bonds. The summed E-state index contributed by atoms with van der Waals surface area (Å²) in [4.78, 5) is 20.8. The predicted molar refractivity (Wildman–Crippen MR) is 195 cm³/mol. The molecule has 0 radical (unpaired) electrons. The van der Waals surface area contributed by atoms with E-state index >= 15 is 0 Å². The molecule has 10 heteroatoms. The quantitative estimate of drug-likeness (QED) is 0.109. The highest BCUT2D eigenvalue weighted by Crippen LogP contribution is 2.59. The van der Waals surface area contributed by atoms with E-state index in [1.54, 1.807) is 33.8 Å². The Hall–Kier alpha value is -2.96. The largest absolute Gasteiger partial charge is 0.397 e. The van der Waals surface area contributed by atoms with Crippen LogP contribution in [0.5, 0.6) is 0 Å². The maximum Gasteiger partial charge on any atom is 0.153 e. The van der Waals surface area contributed by atoms with Crippen LogP contribution in [0.25, 0.3) is 11.1 Å². The summed E-state index contributed by atoms with van der Waals surface area (Å²) in [6.07, 6.45) is 8.98. The molecule has 5 rings (SSSR count). The van der Waals surface area contributed by atoms with E-state index in [1.807, 2.05) is 37.1 Å². The lowest BCUT2D eigenvalue weighted by Gasteiger charge is -2.16. The number of piperidine rings is 1. The lowest BCUT2D eigenvalue weighted by atomic mass is 9.93. The van der Waals surface area contributed by atoms with Gasteiger partial charge in [-0.1, -0.05) is 40.2 Å². The average Bonchev–Trinajstić information content (AvgIpc) is 3.38. The van der Waals surface area contributed by atoms with Crippen molar-refractivity contribution >= 4 is 41.9 Å². The molecule has 3 aliphatic rings. The zero-order chi connectivity index (χ0) is 35.6. The van der Waals surface area contributed by atoms with E-state index in [2.05, 4.69) is 60.9 Å². The van der Waals surface area contributed by atoms with Crippen LogP contribution in [-0.4, -0.2) is 55.2 Å². The van der Waals surface area contributed by atoms with Gasteiger partial charge in [0.15, 0.2) is 6.29 Å². The van der Waals surface area contributed by atoms with Gasteiger partial charge >= 0.3 is 0 Å². The molecule has 3 atom stereocenters. The van der Waals surface area contributed by atoms with Crippen molar-refractivity contribution in [2.75, 3.05) is 19.7 Å². The minimum absolute atomic E-state index is 0.00176. The van der Waals surface area contributed by atoms with Gasteiger partial charge in [-0.05, 0) is 140 Å². The molecule has 46 heavy (non-hydrogen) atoms. The Bertz CT molecular complexity index is 1280. The standard InChI is InChI=1S/C16H14F2O.C7H10IN3.C7H13N.C3H8.C2H6O.CH2O/c1-9-5-14(17)6-10(2)15(9)12-4-11(3)16(18)13(7-12)8-19;1-2-3-11-5-6(8)10-7(11)4-9;1-7(2)5-3-8-4-6(5)7;1-3-2;1-2-3;1-2/h4-8H,1-3H3;2-5,7,9-10H,1H3;5-6,8H,3-4H2,1-2H3;3H2,1-2H3;3H,2H2,1H3;1H2/b;3-2-,9-4?;;;;. The van der Waals surface area contributed by atoms with Crippen molar-refractivity contribution < 1.29 is 23.5 Å². The van der Waals surface area contributed by atoms with Gasteiger partial charge < -0.3 is 30.8 Å². The SMILES string of the molecule is C/C=C\N1C=C(I)NC1C=N.C=O.CC1(C)C2CNCC21.CCC.CCO.Cc1cc(-c2c(C)cc(F)cc2C)cc(C=O)c1F. The first-order valence-electron chi connectivity index (χ1n) is 15.4. The van der Waals surface area contributed by atoms with Crippen molar-refractivity contribution in [1.29, 1.82) is 5.41 Å². The molecule has 7 nitrogen and oxygen atoms in total. The highest BCUT2D eigenvalue weighted by molar-refractivity contribution is 14.1. The Morgan fingerprint density at radius 3 is 1.93 bits per heavy atom. The summed E-state index contributed by atoms with van der Waals surface area (Å²) in [5.74, 6) is 1.23. The summed E-state index contributed by atoms with van der Waals surface area (Å²) in [5, 5.41) is 21.2. The Kier molecular flexibility index (Phi) is 20.4. The summed E-state index contributed by atoms with van der Waals surface area (Å²) in [7, 11) is 0. The summed E-state index contributed by atoms with van der Waals surface area (Å²) < 4.78 is 28.0. The van der Waals surface area contributed by atoms with Crippen LogP contribution >= 0.6 is 22.6 Å². The van der Waals surface area contributed by atoms with E-state index in [4.69, 9.17) is 15.3 Å². The van der Waals surface area contributed by atoms with Crippen LogP contribution in [0, 0.1) is 55.1 Å². The van der Waals surface area contributed by atoms with Crippen LogP contribution in [-0.2, 0) is 4.79 Å². The van der Waals surface area contributed by atoms with E-state index in [0.29, 0.717) is 17.3 Å². The average molecular weight is 755 g/mol. The molecule has 0 bridgehead atoms. The van der Waals surface area contributed by atoms with Crippen molar-refractivity contribution in [2.45, 2.75) is 74.9 Å². The number of rotatable bonds is 4. The van der Waals surface area contributed by atoms with Gasteiger partial charge in [-0.15, -0.1) is 0 Å². The zero-order valence-electron chi connectivity index (χ0n) is 28.8. The number of carbonyl (C=O) groups excluding carboxylic acids is 2. The number of aryl methyl sites for hydroxylation is 3. The highest BCUT2D eigenvalue weighted by atomic mass is 127. The van der Waals surface area contributed by atoms with Gasteiger partial charge in [0.2, 0.25) is 0 Å². The number of benzene rings is 2. The van der Waals surface area contributed by atoms with Crippen LogP contribution in [0.4, 0.5) is 8.78 Å². The molecule has 1 saturated heterocycles. The summed E-state index contributed by atoms with van der Waals surface area (Å²) >= 11 is 2.20. The van der Waals surface area contributed by atoms with Crippen molar-refractivity contribution in [3.63, 3.8) is 0 Å².